The second-order valence-electron chi connectivity index (χ2n) is 9.34. The number of fused-ring (bicyclic) bond motifs is 1. The zero-order valence-electron chi connectivity index (χ0n) is 16.3. The van der Waals surface area contributed by atoms with Crippen molar-refractivity contribution in [1.29, 1.82) is 0 Å². The van der Waals surface area contributed by atoms with E-state index in [2.05, 4.69) is 18.3 Å². The first-order chi connectivity index (χ1) is 12.9. The van der Waals surface area contributed by atoms with Gasteiger partial charge in [-0.15, -0.1) is 0 Å². The van der Waals surface area contributed by atoms with Crippen LogP contribution in [0.25, 0.3) is 0 Å². The van der Waals surface area contributed by atoms with Gasteiger partial charge in [-0.25, -0.2) is 0 Å². The van der Waals surface area contributed by atoms with Crippen LogP contribution in [0.3, 0.4) is 0 Å². The van der Waals surface area contributed by atoms with E-state index in [9.17, 15) is 9.59 Å². The van der Waals surface area contributed by atoms with Crippen LogP contribution in [-0.4, -0.2) is 11.7 Å². The second-order valence-corrected chi connectivity index (χ2v) is 9.78. The Morgan fingerprint density at radius 3 is 2.63 bits per heavy atom. The number of halogens is 1. The highest BCUT2D eigenvalue weighted by molar-refractivity contribution is 6.30. The molecule has 3 saturated carbocycles. The van der Waals surface area contributed by atoms with Gasteiger partial charge in [0.1, 0.15) is 5.78 Å². The average molecular weight is 388 g/mol. The van der Waals surface area contributed by atoms with Crippen molar-refractivity contribution in [2.45, 2.75) is 64.8 Å². The third-order valence-electron chi connectivity index (χ3n) is 7.42. The highest BCUT2D eigenvalue weighted by Crippen LogP contribution is 2.68. The topological polar surface area (TPSA) is 46.2 Å². The van der Waals surface area contributed by atoms with Crippen LogP contribution in [0.4, 0.5) is 0 Å². The molecule has 4 heteroatoms. The maximum Gasteiger partial charge on any atom is 0.223 e. The fourth-order valence-electron chi connectivity index (χ4n) is 6.53. The predicted molar refractivity (Wildman–Crippen MR) is 107 cm³/mol. The number of carbonyl (C=O) groups is 2. The Bertz CT molecular complexity index is 742. The van der Waals surface area contributed by atoms with Crippen molar-refractivity contribution in [3.8, 4) is 0 Å². The van der Waals surface area contributed by atoms with Gasteiger partial charge in [0.2, 0.25) is 5.91 Å². The van der Waals surface area contributed by atoms with Crippen LogP contribution in [0, 0.1) is 29.1 Å². The maximum atomic E-state index is 13.2. The number of ketones is 1. The summed E-state index contributed by atoms with van der Waals surface area (Å²) in [5.74, 6) is 1.93. The first kappa shape index (κ1) is 19.0. The smallest absolute Gasteiger partial charge is 0.223 e. The number of nitrogens with one attached hydrogen (secondary N) is 1. The lowest BCUT2D eigenvalue weighted by atomic mass is 9.37. The predicted octanol–water partition coefficient (Wildman–Crippen LogP) is 5.33. The Balaban J connectivity index is 1.49. The van der Waals surface area contributed by atoms with Crippen LogP contribution in [0.5, 0.6) is 0 Å². The molecule has 0 aromatic heterocycles. The van der Waals surface area contributed by atoms with Crippen LogP contribution in [-0.2, 0) is 9.59 Å². The molecule has 0 heterocycles. The number of amides is 1. The Labute approximate surface area is 167 Å². The monoisotopic (exact) mass is 387 g/mol. The zero-order chi connectivity index (χ0) is 19.2. The molecule has 3 fully saturated rings. The SMILES string of the molecule is CC(=O)C[C@@]12CC(C)C1[C@@H](C(=O)N[C@H](c1cccc(Cl)c1)C1CCCC1)C2. The van der Waals surface area contributed by atoms with E-state index in [1.165, 1.54) is 12.8 Å². The molecule has 4 rings (SSSR count). The van der Waals surface area contributed by atoms with Gasteiger partial charge in [0, 0.05) is 17.4 Å². The van der Waals surface area contributed by atoms with Crippen molar-refractivity contribution in [2.75, 3.05) is 0 Å². The molecular weight excluding hydrogens is 358 g/mol. The van der Waals surface area contributed by atoms with Gasteiger partial charge in [0.15, 0.2) is 0 Å². The number of rotatable bonds is 6. The molecule has 0 radical (unpaired) electrons. The number of hydrogen-bond donors (Lipinski definition) is 1. The standard InChI is InChI=1S/C23H30ClNO2/c1-14-11-23(12-15(2)26)13-19(20(14)23)22(27)25-21(16-6-3-4-7-16)17-8-5-9-18(24)10-17/h5,8-10,14,16,19-21H,3-4,6-7,11-13H2,1-2H3,(H,25,27)/t14?,19-,20?,21-,23+/m0/s1. The largest absolute Gasteiger partial charge is 0.349 e. The lowest BCUT2D eigenvalue weighted by molar-refractivity contribution is -0.193. The van der Waals surface area contributed by atoms with Crippen molar-refractivity contribution < 1.29 is 9.59 Å². The van der Waals surface area contributed by atoms with Gasteiger partial charge < -0.3 is 10.1 Å². The average Bonchev–Trinajstić information content (AvgIpc) is 3.11. The van der Waals surface area contributed by atoms with Gasteiger partial charge in [-0.1, -0.05) is 43.5 Å². The summed E-state index contributed by atoms with van der Waals surface area (Å²) in [5, 5.41) is 4.12. The summed E-state index contributed by atoms with van der Waals surface area (Å²) in [5.41, 5.74) is 1.24. The van der Waals surface area contributed by atoms with Crippen LogP contribution >= 0.6 is 11.6 Å². The van der Waals surface area contributed by atoms with Crippen LogP contribution in [0.15, 0.2) is 24.3 Å². The Morgan fingerprint density at radius 2 is 2.00 bits per heavy atom. The van der Waals surface area contributed by atoms with E-state index in [1.807, 2.05) is 18.2 Å². The quantitative estimate of drug-likeness (QED) is 0.717. The van der Waals surface area contributed by atoms with E-state index in [4.69, 9.17) is 11.6 Å². The van der Waals surface area contributed by atoms with Crippen molar-refractivity contribution in [3.05, 3.63) is 34.9 Å². The minimum Gasteiger partial charge on any atom is -0.349 e. The van der Waals surface area contributed by atoms with E-state index in [0.29, 0.717) is 24.2 Å². The molecule has 0 aliphatic heterocycles. The van der Waals surface area contributed by atoms with Crippen molar-refractivity contribution in [1.82, 2.24) is 5.32 Å². The van der Waals surface area contributed by atoms with Gasteiger partial charge >= 0.3 is 0 Å². The third kappa shape index (κ3) is 3.44. The highest BCUT2D eigenvalue weighted by atomic mass is 35.5. The summed E-state index contributed by atoms with van der Waals surface area (Å²) in [6.45, 7) is 3.91. The molecular formula is C23H30ClNO2. The second kappa shape index (κ2) is 7.24. The molecule has 1 N–H and O–H groups in total. The highest BCUT2D eigenvalue weighted by Gasteiger charge is 2.65. The number of Topliss-reactive ketones (excluding diaryl/α,β-unsaturated/α-hetero) is 1. The molecule has 146 valence electrons. The number of hydrogen-bond acceptors (Lipinski definition) is 2. The van der Waals surface area contributed by atoms with E-state index in [0.717, 1.165) is 36.3 Å². The summed E-state index contributed by atoms with van der Waals surface area (Å²) in [7, 11) is 0. The molecule has 3 aliphatic rings. The Kier molecular flexibility index (Phi) is 5.09. The Hall–Kier alpha value is -1.35. The van der Waals surface area contributed by atoms with Gasteiger partial charge in [0.05, 0.1) is 6.04 Å². The van der Waals surface area contributed by atoms with Gasteiger partial charge in [0.25, 0.3) is 0 Å². The lowest BCUT2D eigenvalue weighted by Crippen LogP contribution is -2.64. The van der Waals surface area contributed by atoms with E-state index >= 15 is 0 Å². The normalized spacial score (nSPS) is 33.5. The van der Waals surface area contributed by atoms with Crippen molar-refractivity contribution in [2.24, 2.45) is 29.1 Å². The van der Waals surface area contributed by atoms with Gasteiger partial charge in [-0.3, -0.25) is 4.79 Å². The minimum absolute atomic E-state index is 0.0527. The molecule has 0 spiro atoms. The van der Waals surface area contributed by atoms with Crippen molar-refractivity contribution in [3.63, 3.8) is 0 Å². The molecule has 1 aromatic carbocycles. The first-order valence-corrected chi connectivity index (χ1v) is 10.8. The fourth-order valence-corrected chi connectivity index (χ4v) is 6.73. The molecule has 2 unspecified atom stereocenters. The summed E-state index contributed by atoms with van der Waals surface area (Å²) in [6.07, 6.45) is 7.42. The van der Waals surface area contributed by atoms with E-state index in [-0.39, 0.29) is 29.1 Å². The number of carbonyl (C=O) groups excluding carboxylic acids is 2. The minimum atomic E-state index is 0.0527. The fraction of sp³-hybridized carbons (Fsp3) is 0.652. The molecule has 1 aromatic rings. The van der Waals surface area contributed by atoms with E-state index < -0.39 is 0 Å². The van der Waals surface area contributed by atoms with Crippen molar-refractivity contribution >= 4 is 23.3 Å². The van der Waals surface area contributed by atoms with Gasteiger partial charge in [-0.2, -0.15) is 0 Å². The first-order valence-electron chi connectivity index (χ1n) is 10.4. The van der Waals surface area contributed by atoms with E-state index in [1.54, 1.807) is 6.92 Å². The summed E-state index contributed by atoms with van der Waals surface area (Å²) in [4.78, 5) is 24.9. The van der Waals surface area contributed by atoms with Crippen LogP contribution in [0.2, 0.25) is 5.02 Å². The number of benzene rings is 1. The third-order valence-corrected chi connectivity index (χ3v) is 7.66. The summed E-state index contributed by atoms with van der Waals surface area (Å²) >= 11 is 6.23. The molecule has 0 bridgehead atoms. The molecule has 3 nitrogen and oxygen atoms in total. The van der Waals surface area contributed by atoms with Crippen LogP contribution < -0.4 is 5.32 Å². The summed E-state index contributed by atoms with van der Waals surface area (Å²) in [6, 6.07) is 7.99. The Morgan fingerprint density at radius 1 is 1.26 bits per heavy atom. The molecule has 5 atom stereocenters. The lowest BCUT2D eigenvalue weighted by Gasteiger charge is -2.66. The molecule has 1 amide bonds. The van der Waals surface area contributed by atoms with Crippen LogP contribution in [0.1, 0.15) is 70.4 Å². The molecule has 27 heavy (non-hydrogen) atoms. The summed E-state index contributed by atoms with van der Waals surface area (Å²) < 4.78 is 0. The maximum absolute atomic E-state index is 13.2. The zero-order valence-corrected chi connectivity index (χ0v) is 17.1. The van der Waals surface area contributed by atoms with Gasteiger partial charge in [-0.05, 0) is 73.5 Å². The molecule has 0 saturated heterocycles. The molecule has 3 aliphatic carbocycles.